The van der Waals surface area contributed by atoms with Crippen LogP contribution in [0.1, 0.15) is 20.8 Å². The van der Waals surface area contributed by atoms with Gasteiger partial charge in [0.25, 0.3) is 5.91 Å². The number of aliphatic hydroxyl groups excluding tert-OH is 1. The van der Waals surface area contributed by atoms with Gasteiger partial charge in [-0.1, -0.05) is 18.2 Å². The maximum atomic E-state index is 12.8. The molecule has 0 unspecified atom stereocenters. The Labute approximate surface area is 134 Å². The molecule has 116 valence electrons. The minimum atomic E-state index is -0.867. The summed E-state index contributed by atoms with van der Waals surface area (Å²) in [6.07, 6.45) is 0. The molecule has 6 nitrogen and oxygen atoms in total. The van der Waals surface area contributed by atoms with Crippen LogP contribution in [0.15, 0.2) is 46.8 Å². The zero-order chi connectivity index (χ0) is 16.5. The van der Waals surface area contributed by atoms with E-state index in [4.69, 9.17) is 5.73 Å². The lowest BCUT2D eigenvalue weighted by molar-refractivity contribution is -0.114. The Balaban J connectivity index is 2.45. The first-order chi connectivity index (χ1) is 10.3. The van der Waals surface area contributed by atoms with Crippen LogP contribution in [0.3, 0.4) is 0 Å². The summed E-state index contributed by atoms with van der Waals surface area (Å²) in [7, 11) is 0. The van der Waals surface area contributed by atoms with Gasteiger partial charge in [0, 0.05) is 5.69 Å². The standard InChI is InChI=1S/C15H18N4O2S/c1-9(17-18-14(16)22)11-12(20)15(2,3)19(13(11)21)10-7-5-4-6-8-10/h4-8,20H,1-3H3,(H3,16,18,22)/b17-9+. The quantitative estimate of drug-likeness (QED) is 0.449. The van der Waals surface area contributed by atoms with E-state index >= 15 is 0 Å². The highest BCUT2D eigenvalue weighted by atomic mass is 32.1. The second kappa shape index (κ2) is 5.76. The first-order valence-electron chi connectivity index (χ1n) is 6.70. The predicted octanol–water partition coefficient (Wildman–Crippen LogP) is 1.83. The first kappa shape index (κ1) is 16.0. The molecule has 1 aromatic rings. The zero-order valence-electron chi connectivity index (χ0n) is 12.6. The Kier molecular flexibility index (Phi) is 4.18. The molecule has 1 aliphatic heterocycles. The summed E-state index contributed by atoms with van der Waals surface area (Å²) in [6, 6.07) is 9.17. The van der Waals surface area contributed by atoms with E-state index in [1.165, 1.54) is 4.90 Å². The Morgan fingerprint density at radius 1 is 1.36 bits per heavy atom. The molecule has 0 fully saturated rings. The van der Waals surface area contributed by atoms with E-state index in [2.05, 4.69) is 22.7 Å². The SMILES string of the molecule is C/C(=N\NC(N)=S)C1=C(O)C(C)(C)N(c2ccccc2)C1=O. The van der Waals surface area contributed by atoms with Gasteiger partial charge >= 0.3 is 0 Å². The lowest BCUT2D eigenvalue weighted by atomic mass is 10.0. The lowest BCUT2D eigenvalue weighted by Crippen LogP contribution is -2.44. The molecule has 1 aliphatic rings. The smallest absolute Gasteiger partial charge is 0.264 e. The number of nitrogens with two attached hydrogens (primary N) is 1. The van der Waals surface area contributed by atoms with Crippen LogP contribution in [0.5, 0.6) is 0 Å². The lowest BCUT2D eigenvalue weighted by Gasteiger charge is -2.32. The molecule has 0 saturated heterocycles. The van der Waals surface area contributed by atoms with E-state index in [0.717, 1.165) is 0 Å². The second-order valence-electron chi connectivity index (χ2n) is 5.43. The van der Waals surface area contributed by atoms with Gasteiger partial charge in [0.15, 0.2) is 5.11 Å². The Bertz CT molecular complexity index is 680. The molecular formula is C15H18N4O2S. The van der Waals surface area contributed by atoms with Gasteiger partial charge < -0.3 is 10.8 Å². The maximum absolute atomic E-state index is 12.8. The molecule has 2 rings (SSSR count). The molecule has 0 spiro atoms. The third kappa shape index (κ3) is 2.67. The fourth-order valence-electron chi connectivity index (χ4n) is 2.42. The van der Waals surface area contributed by atoms with E-state index in [1.807, 2.05) is 30.3 Å². The Morgan fingerprint density at radius 3 is 2.50 bits per heavy atom. The van der Waals surface area contributed by atoms with Crippen molar-refractivity contribution < 1.29 is 9.90 Å². The highest BCUT2D eigenvalue weighted by molar-refractivity contribution is 7.80. The summed E-state index contributed by atoms with van der Waals surface area (Å²) in [6.45, 7) is 5.16. The van der Waals surface area contributed by atoms with E-state index in [9.17, 15) is 9.90 Å². The molecule has 0 bridgehead atoms. The maximum Gasteiger partial charge on any atom is 0.264 e. The molecule has 7 heteroatoms. The minimum absolute atomic E-state index is 0.0101. The Morgan fingerprint density at radius 2 is 1.95 bits per heavy atom. The van der Waals surface area contributed by atoms with Crippen molar-refractivity contribution in [2.75, 3.05) is 4.90 Å². The number of hydrogen-bond acceptors (Lipinski definition) is 4. The molecule has 0 saturated carbocycles. The molecule has 1 heterocycles. The van der Waals surface area contributed by atoms with Crippen molar-refractivity contribution in [1.82, 2.24) is 5.43 Å². The minimum Gasteiger partial charge on any atom is -0.509 e. The van der Waals surface area contributed by atoms with Crippen molar-refractivity contribution in [2.24, 2.45) is 10.8 Å². The second-order valence-corrected chi connectivity index (χ2v) is 5.87. The molecule has 0 atom stereocenters. The first-order valence-corrected chi connectivity index (χ1v) is 7.11. The van der Waals surface area contributed by atoms with E-state index in [0.29, 0.717) is 11.4 Å². The number of nitrogens with one attached hydrogen (secondary N) is 1. The monoisotopic (exact) mass is 318 g/mol. The summed E-state index contributed by atoms with van der Waals surface area (Å²) in [5.41, 5.74) is 8.05. The third-order valence-corrected chi connectivity index (χ3v) is 3.59. The third-order valence-electron chi connectivity index (χ3n) is 3.50. The molecule has 1 aromatic carbocycles. The van der Waals surface area contributed by atoms with Gasteiger partial charge in [-0.05, 0) is 45.1 Å². The fourth-order valence-corrected chi connectivity index (χ4v) is 2.46. The van der Waals surface area contributed by atoms with Gasteiger partial charge in [0.05, 0.1) is 5.71 Å². The average molecular weight is 318 g/mol. The molecule has 22 heavy (non-hydrogen) atoms. The number of nitrogens with zero attached hydrogens (tertiary/aromatic N) is 2. The molecule has 0 aromatic heterocycles. The number of anilines is 1. The number of hydrogen-bond donors (Lipinski definition) is 3. The molecular weight excluding hydrogens is 300 g/mol. The highest BCUT2D eigenvalue weighted by Gasteiger charge is 2.47. The highest BCUT2D eigenvalue weighted by Crippen LogP contribution is 2.37. The summed E-state index contributed by atoms with van der Waals surface area (Å²) >= 11 is 4.68. The largest absolute Gasteiger partial charge is 0.509 e. The number of aliphatic hydroxyl groups is 1. The van der Waals surface area contributed by atoms with Gasteiger partial charge in [-0.15, -0.1) is 0 Å². The van der Waals surface area contributed by atoms with Gasteiger partial charge in [-0.3, -0.25) is 15.1 Å². The van der Waals surface area contributed by atoms with E-state index in [1.54, 1.807) is 20.8 Å². The van der Waals surface area contributed by atoms with E-state index < -0.39 is 5.54 Å². The van der Waals surface area contributed by atoms with Crippen LogP contribution in [0, 0.1) is 0 Å². The van der Waals surface area contributed by atoms with Crippen molar-refractivity contribution in [3.8, 4) is 0 Å². The van der Waals surface area contributed by atoms with Gasteiger partial charge in [0.2, 0.25) is 0 Å². The Hall–Kier alpha value is -2.41. The van der Waals surface area contributed by atoms with Crippen molar-refractivity contribution >= 4 is 34.6 Å². The topological polar surface area (TPSA) is 90.9 Å². The predicted molar refractivity (Wildman–Crippen MR) is 90.7 cm³/mol. The number of carbonyl (C=O) groups excluding carboxylic acids is 1. The fraction of sp³-hybridized carbons (Fsp3) is 0.267. The van der Waals surface area contributed by atoms with Gasteiger partial charge in [-0.2, -0.15) is 5.10 Å². The van der Waals surface area contributed by atoms with Gasteiger partial charge in [0.1, 0.15) is 16.9 Å². The molecule has 0 radical (unpaired) electrons. The number of amides is 1. The normalized spacial score (nSPS) is 17.9. The van der Waals surface area contributed by atoms with Crippen LogP contribution in [0.25, 0.3) is 0 Å². The van der Waals surface area contributed by atoms with E-state index in [-0.39, 0.29) is 22.4 Å². The average Bonchev–Trinajstić information content (AvgIpc) is 2.63. The van der Waals surface area contributed by atoms with Crippen LogP contribution < -0.4 is 16.1 Å². The number of rotatable bonds is 3. The van der Waals surface area contributed by atoms with Gasteiger partial charge in [-0.25, -0.2) is 0 Å². The zero-order valence-corrected chi connectivity index (χ0v) is 13.4. The summed E-state index contributed by atoms with van der Waals surface area (Å²) in [5.74, 6) is -0.355. The van der Waals surface area contributed by atoms with Crippen LogP contribution in [-0.2, 0) is 4.79 Å². The molecule has 0 aliphatic carbocycles. The van der Waals surface area contributed by atoms with Crippen molar-refractivity contribution in [1.29, 1.82) is 0 Å². The number of para-hydroxylation sites is 1. The van der Waals surface area contributed by atoms with Crippen LogP contribution in [0.2, 0.25) is 0 Å². The summed E-state index contributed by atoms with van der Waals surface area (Å²) in [5, 5.41) is 14.4. The van der Waals surface area contributed by atoms with Crippen molar-refractivity contribution in [3.63, 3.8) is 0 Å². The van der Waals surface area contributed by atoms with Crippen LogP contribution >= 0.6 is 12.2 Å². The summed E-state index contributed by atoms with van der Waals surface area (Å²) < 4.78 is 0. The summed E-state index contributed by atoms with van der Waals surface area (Å²) in [4.78, 5) is 14.3. The van der Waals surface area contributed by atoms with Crippen LogP contribution in [-0.4, -0.2) is 27.4 Å². The number of benzene rings is 1. The molecule has 1 amide bonds. The number of hydrazone groups is 1. The van der Waals surface area contributed by atoms with Crippen LogP contribution in [0.4, 0.5) is 5.69 Å². The number of carbonyl (C=O) groups is 1. The molecule has 4 N–H and O–H groups in total. The van der Waals surface area contributed by atoms with Crippen molar-refractivity contribution in [2.45, 2.75) is 26.3 Å². The number of thiocarbonyl (C=S) groups is 1. The van der Waals surface area contributed by atoms with Crippen molar-refractivity contribution in [3.05, 3.63) is 41.7 Å².